The Morgan fingerprint density at radius 3 is 3.00 bits per heavy atom. The fourth-order valence-electron chi connectivity index (χ4n) is 1.85. The maximum absolute atomic E-state index is 11.5. The van der Waals surface area contributed by atoms with Crippen LogP contribution in [0.1, 0.15) is 5.56 Å². The minimum atomic E-state index is -0.0538. The van der Waals surface area contributed by atoms with Crippen LogP contribution in [-0.2, 0) is 13.5 Å². The molecule has 0 atom stereocenters. The molecule has 0 amide bonds. The summed E-state index contributed by atoms with van der Waals surface area (Å²) in [6, 6.07) is 5.97. The van der Waals surface area contributed by atoms with E-state index in [0.717, 1.165) is 24.0 Å². The summed E-state index contributed by atoms with van der Waals surface area (Å²) in [5.41, 5.74) is 3.07. The van der Waals surface area contributed by atoms with E-state index in [1.807, 2.05) is 19.2 Å². The molecule has 80 valence electrons. The van der Waals surface area contributed by atoms with Crippen LogP contribution in [0.15, 0.2) is 23.0 Å². The van der Waals surface area contributed by atoms with Crippen LogP contribution in [0.5, 0.6) is 0 Å². The van der Waals surface area contributed by atoms with Gasteiger partial charge in [-0.2, -0.15) is 0 Å². The van der Waals surface area contributed by atoms with Crippen LogP contribution in [0.25, 0.3) is 11.0 Å². The predicted molar refractivity (Wildman–Crippen MR) is 61.2 cm³/mol. The van der Waals surface area contributed by atoms with Crippen LogP contribution in [0.2, 0.25) is 0 Å². The van der Waals surface area contributed by atoms with Crippen LogP contribution in [-0.4, -0.2) is 23.1 Å². The fourth-order valence-corrected chi connectivity index (χ4v) is 1.85. The maximum Gasteiger partial charge on any atom is 0.326 e. The normalized spacial score (nSPS) is 11.1. The highest BCUT2D eigenvalue weighted by molar-refractivity contribution is 5.78. The molecule has 0 fully saturated rings. The van der Waals surface area contributed by atoms with Gasteiger partial charge in [0.1, 0.15) is 0 Å². The second-order valence-corrected chi connectivity index (χ2v) is 3.66. The van der Waals surface area contributed by atoms with Gasteiger partial charge in [0.25, 0.3) is 0 Å². The van der Waals surface area contributed by atoms with Crippen molar-refractivity contribution in [3.05, 3.63) is 34.2 Å². The van der Waals surface area contributed by atoms with E-state index >= 15 is 0 Å². The first-order chi connectivity index (χ1) is 7.24. The van der Waals surface area contributed by atoms with E-state index in [9.17, 15) is 4.79 Å². The standard InChI is InChI=1S/C11H15N3O/c1-12-7-6-8-4-3-5-9-10(8)14(2)11(15)13-9/h3-5,12H,6-7H2,1-2H3,(H,13,15). The van der Waals surface area contributed by atoms with E-state index in [2.05, 4.69) is 16.4 Å². The second-order valence-electron chi connectivity index (χ2n) is 3.66. The molecule has 0 unspecified atom stereocenters. The molecule has 0 spiro atoms. The van der Waals surface area contributed by atoms with E-state index in [-0.39, 0.29) is 5.69 Å². The molecule has 4 nitrogen and oxygen atoms in total. The Morgan fingerprint density at radius 1 is 1.47 bits per heavy atom. The van der Waals surface area contributed by atoms with Gasteiger partial charge in [-0.05, 0) is 31.6 Å². The molecule has 2 N–H and O–H groups in total. The van der Waals surface area contributed by atoms with Crippen molar-refractivity contribution < 1.29 is 0 Å². The summed E-state index contributed by atoms with van der Waals surface area (Å²) >= 11 is 0. The molecule has 2 rings (SSSR count). The first-order valence-electron chi connectivity index (χ1n) is 5.05. The molecular formula is C11H15N3O. The average molecular weight is 205 g/mol. The summed E-state index contributed by atoms with van der Waals surface area (Å²) < 4.78 is 1.67. The van der Waals surface area contributed by atoms with Crippen LogP contribution in [0.4, 0.5) is 0 Å². The molecule has 0 saturated carbocycles. The van der Waals surface area contributed by atoms with E-state index in [1.165, 1.54) is 5.56 Å². The number of benzene rings is 1. The highest BCUT2D eigenvalue weighted by Crippen LogP contribution is 2.15. The largest absolute Gasteiger partial charge is 0.326 e. The molecule has 0 aliphatic rings. The van der Waals surface area contributed by atoms with Crippen molar-refractivity contribution in [2.45, 2.75) is 6.42 Å². The van der Waals surface area contributed by atoms with E-state index in [1.54, 1.807) is 11.6 Å². The third-order valence-corrected chi connectivity index (χ3v) is 2.65. The molecule has 0 saturated heterocycles. The zero-order valence-corrected chi connectivity index (χ0v) is 9.00. The molecule has 1 heterocycles. The van der Waals surface area contributed by atoms with E-state index in [4.69, 9.17) is 0 Å². The van der Waals surface area contributed by atoms with Crippen molar-refractivity contribution in [1.82, 2.24) is 14.9 Å². The number of hydrogen-bond acceptors (Lipinski definition) is 2. The molecule has 0 aliphatic heterocycles. The van der Waals surface area contributed by atoms with E-state index < -0.39 is 0 Å². The SMILES string of the molecule is CNCCc1cccc2[nH]c(=O)n(C)c12. The van der Waals surface area contributed by atoms with Gasteiger partial charge in [-0.1, -0.05) is 12.1 Å². The number of imidazole rings is 1. The predicted octanol–water partition coefficient (Wildman–Crippen LogP) is 0.628. The number of aromatic nitrogens is 2. The van der Waals surface area contributed by atoms with Crippen molar-refractivity contribution in [2.24, 2.45) is 7.05 Å². The number of aromatic amines is 1. The highest BCUT2D eigenvalue weighted by atomic mass is 16.1. The lowest BCUT2D eigenvalue weighted by Gasteiger charge is -2.04. The quantitative estimate of drug-likeness (QED) is 0.772. The van der Waals surface area contributed by atoms with Crippen LogP contribution >= 0.6 is 0 Å². The number of H-pyrrole nitrogens is 1. The minimum absolute atomic E-state index is 0.0538. The van der Waals surface area contributed by atoms with Gasteiger partial charge < -0.3 is 10.3 Å². The number of fused-ring (bicyclic) bond motifs is 1. The highest BCUT2D eigenvalue weighted by Gasteiger charge is 2.06. The Labute approximate surface area is 87.9 Å². The monoisotopic (exact) mass is 205 g/mol. The second kappa shape index (κ2) is 3.90. The number of hydrogen-bond donors (Lipinski definition) is 2. The minimum Gasteiger partial charge on any atom is -0.319 e. The first kappa shape index (κ1) is 9.98. The number of para-hydroxylation sites is 1. The summed E-state index contributed by atoms with van der Waals surface area (Å²) in [7, 11) is 3.72. The zero-order valence-electron chi connectivity index (χ0n) is 9.00. The van der Waals surface area contributed by atoms with Gasteiger partial charge in [0.2, 0.25) is 0 Å². The third-order valence-electron chi connectivity index (χ3n) is 2.65. The lowest BCUT2D eigenvalue weighted by atomic mass is 10.1. The van der Waals surface area contributed by atoms with Crippen molar-refractivity contribution >= 4 is 11.0 Å². The molecule has 0 bridgehead atoms. The zero-order chi connectivity index (χ0) is 10.8. The number of likely N-dealkylation sites (N-methyl/N-ethyl adjacent to an activating group) is 1. The Balaban J connectivity index is 2.58. The van der Waals surface area contributed by atoms with Crippen LogP contribution in [0.3, 0.4) is 0 Å². The summed E-state index contributed by atoms with van der Waals surface area (Å²) in [6.45, 7) is 0.915. The van der Waals surface area contributed by atoms with Gasteiger partial charge in [-0.3, -0.25) is 4.57 Å². The molecule has 2 aromatic rings. The Hall–Kier alpha value is -1.55. The topological polar surface area (TPSA) is 49.8 Å². The number of aryl methyl sites for hydroxylation is 1. The van der Waals surface area contributed by atoms with Gasteiger partial charge in [0.05, 0.1) is 11.0 Å². The summed E-state index contributed by atoms with van der Waals surface area (Å²) in [5.74, 6) is 0. The number of nitrogens with one attached hydrogen (secondary N) is 2. The van der Waals surface area contributed by atoms with Gasteiger partial charge in [0, 0.05) is 7.05 Å². The summed E-state index contributed by atoms with van der Waals surface area (Å²) in [6.07, 6.45) is 0.930. The third kappa shape index (κ3) is 1.68. The summed E-state index contributed by atoms with van der Waals surface area (Å²) in [4.78, 5) is 14.3. The Morgan fingerprint density at radius 2 is 2.27 bits per heavy atom. The van der Waals surface area contributed by atoms with Crippen molar-refractivity contribution in [3.63, 3.8) is 0 Å². The molecule has 15 heavy (non-hydrogen) atoms. The van der Waals surface area contributed by atoms with Crippen LogP contribution in [0, 0.1) is 0 Å². The Kier molecular flexibility index (Phi) is 2.60. The smallest absolute Gasteiger partial charge is 0.319 e. The molecule has 1 aromatic carbocycles. The van der Waals surface area contributed by atoms with Gasteiger partial charge >= 0.3 is 5.69 Å². The lowest BCUT2D eigenvalue weighted by Crippen LogP contribution is -2.14. The molecular weight excluding hydrogens is 190 g/mol. The van der Waals surface area contributed by atoms with Gasteiger partial charge in [-0.25, -0.2) is 4.79 Å². The number of rotatable bonds is 3. The molecule has 1 aromatic heterocycles. The van der Waals surface area contributed by atoms with Crippen LogP contribution < -0.4 is 11.0 Å². The van der Waals surface area contributed by atoms with Crippen molar-refractivity contribution in [1.29, 1.82) is 0 Å². The van der Waals surface area contributed by atoms with Crippen molar-refractivity contribution in [2.75, 3.05) is 13.6 Å². The molecule has 4 heteroatoms. The Bertz CT molecular complexity index is 524. The fraction of sp³-hybridized carbons (Fsp3) is 0.364. The summed E-state index contributed by atoms with van der Waals surface area (Å²) in [5, 5.41) is 3.11. The van der Waals surface area contributed by atoms with Gasteiger partial charge in [0.15, 0.2) is 0 Å². The number of nitrogens with zero attached hydrogens (tertiary/aromatic N) is 1. The van der Waals surface area contributed by atoms with E-state index in [0.29, 0.717) is 0 Å². The first-order valence-corrected chi connectivity index (χ1v) is 5.05. The molecule has 0 aliphatic carbocycles. The van der Waals surface area contributed by atoms with Gasteiger partial charge in [-0.15, -0.1) is 0 Å². The molecule has 0 radical (unpaired) electrons. The average Bonchev–Trinajstić information content (AvgIpc) is 2.53. The lowest BCUT2D eigenvalue weighted by molar-refractivity contribution is 0.789. The maximum atomic E-state index is 11.5. The van der Waals surface area contributed by atoms with Crippen molar-refractivity contribution in [3.8, 4) is 0 Å².